The van der Waals surface area contributed by atoms with Crippen LogP contribution in [0.2, 0.25) is 0 Å². The molecule has 17 heavy (non-hydrogen) atoms. The molecule has 2 unspecified atom stereocenters. The van der Waals surface area contributed by atoms with E-state index in [1.165, 1.54) is 0 Å². The van der Waals surface area contributed by atoms with E-state index in [2.05, 4.69) is 41.5 Å². The molecule has 0 N–H and O–H groups in total. The molecule has 0 aromatic heterocycles. The van der Waals surface area contributed by atoms with Crippen molar-refractivity contribution in [2.75, 3.05) is 5.75 Å². The van der Waals surface area contributed by atoms with Gasteiger partial charge >= 0.3 is 0 Å². The Kier molecular flexibility index (Phi) is 9.41. The summed E-state index contributed by atoms with van der Waals surface area (Å²) in [5.74, 6) is 1.62. The van der Waals surface area contributed by atoms with Gasteiger partial charge in [-0.2, -0.15) is 0 Å². The summed E-state index contributed by atoms with van der Waals surface area (Å²) in [4.78, 5) is 0. The van der Waals surface area contributed by atoms with Crippen molar-refractivity contribution in [3.05, 3.63) is 0 Å². The van der Waals surface area contributed by atoms with Crippen molar-refractivity contribution in [3.8, 4) is 0 Å². The second kappa shape index (κ2) is 8.92. The molecular formula is C12H27O2PS2. The van der Waals surface area contributed by atoms with Gasteiger partial charge in [0.2, 0.25) is 5.69 Å². The maximum absolute atomic E-state index is 5.98. The van der Waals surface area contributed by atoms with Crippen molar-refractivity contribution in [1.82, 2.24) is 0 Å². The predicted octanol–water partition coefficient (Wildman–Crippen LogP) is 5.23. The predicted molar refractivity (Wildman–Crippen MR) is 83.3 cm³/mol. The van der Waals surface area contributed by atoms with Crippen LogP contribution in [0.25, 0.3) is 0 Å². The van der Waals surface area contributed by atoms with Crippen molar-refractivity contribution in [1.29, 1.82) is 0 Å². The van der Waals surface area contributed by atoms with Crippen LogP contribution in [0.4, 0.5) is 0 Å². The van der Waals surface area contributed by atoms with E-state index in [-0.39, 0.29) is 12.2 Å². The molecule has 0 spiro atoms. The molecular weight excluding hydrogens is 271 g/mol. The summed E-state index contributed by atoms with van der Waals surface area (Å²) in [6.45, 7) is 12.7. The summed E-state index contributed by atoms with van der Waals surface area (Å²) in [6, 6.07) is 0. The van der Waals surface area contributed by atoms with Gasteiger partial charge in [-0.05, 0) is 44.4 Å². The Labute approximate surface area is 116 Å². The molecule has 0 bridgehead atoms. The van der Waals surface area contributed by atoms with Crippen LogP contribution in [0.5, 0.6) is 0 Å². The summed E-state index contributed by atoms with van der Waals surface area (Å²) < 4.78 is 12.0. The first-order chi connectivity index (χ1) is 7.83. The van der Waals surface area contributed by atoms with E-state index in [0.29, 0.717) is 5.92 Å². The van der Waals surface area contributed by atoms with Crippen LogP contribution in [-0.4, -0.2) is 18.0 Å². The van der Waals surface area contributed by atoms with Gasteiger partial charge in [-0.15, -0.1) is 0 Å². The maximum Gasteiger partial charge on any atom is 0.247 e. The van der Waals surface area contributed by atoms with E-state index in [0.717, 1.165) is 18.6 Å². The molecule has 0 fully saturated rings. The maximum atomic E-state index is 5.98. The average molecular weight is 298 g/mol. The van der Waals surface area contributed by atoms with Crippen LogP contribution >= 0.6 is 17.1 Å². The van der Waals surface area contributed by atoms with Crippen LogP contribution < -0.4 is 0 Å². The zero-order valence-corrected chi connectivity index (χ0v) is 14.5. The van der Waals surface area contributed by atoms with E-state index >= 15 is 0 Å². The van der Waals surface area contributed by atoms with Crippen molar-refractivity contribution in [2.45, 2.75) is 66.6 Å². The van der Waals surface area contributed by atoms with Gasteiger partial charge in [0.25, 0.3) is 0 Å². The topological polar surface area (TPSA) is 18.5 Å². The second-order valence-corrected chi connectivity index (χ2v) is 11.0. The van der Waals surface area contributed by atoms with E-state index in [1.54, 1.807) is 11.4 Å². The minimum absolute atomic E-state index is 0.185. The summed E-state index contributed by atoms with van der Waals surface area (Å²) in [7, 11) is 0. The van der Waals surface area contributed by atoms with Crippen molar-refractivity contribution in [2.24, 2.45) is 5.92 Å². The summed E-state index contributed by atoms with van der Waals surface area (Å²) in [5, 5.41) is 0. The monoisotopic (exact) mass is 298 g/mol. The number of hydrogen-bond acceptors (Lipinski definition) is 4. The largest absolute Gasteiger partial charge is 0.319 e. The molecule has 0 radical (unpaired) electrons. The minimum Gasteiger partial charge on any atom is -0.319 e. The lowest BCUT2D eigenvalue weighted by Gasteiger charge is -2.27. The third kappa shape index (κ3) is 8.61. The molecule has 0 aliphatic carbocycles. The van der Waals surface area contributed by atoms with Gasteiger partial charge in [0.1, 0.15) is 0 Å². The number of hydrogen-bond donors (Lipinski definition) is 0. The third-order valence-corrected chi connectivity index (χ3v) is 8.08. The van der Waals surface area contributed by atoms with E-state index < -0.39 is 5.69 Å². The van der Waals surface area contributed by atoms with Gasteiger partial charge in [0, 0.05) is 5.75 Å². The highest BCUT2D eigenvalue weighted by Gasteiger charge is 2.25. The Balaban J connectivity index is 4.50. The van der Waals surface area contributed by atoms with Crippen molar-refractivity contribution < 1.29 is 9.05 Å². The lowest BCUT2D eigenvalue weighted by molar-refractivity contribution is 0.163. The Morgan fingerprint density at radius 1 is 1.00 bits per heavy atom. The fraction of sp³-hybridized carbons (Fsp3) is 1.00. The molecule has 0 saturated heterocycles. The molecule has 0 heterocycles. The van der Waals surface area contributed by atoms with Crippen LogP contribution in [-0.2, 0) is 20.9 Å². The zero-order valence-electron chi connectivity index (χ0n) is 11.9. The van der Waals surface area contributed by atoms with Crippen LogP contribution in [0.15, 0.2) is 0 Å². The average Bonchev–Trinajstić information content (AvgIpc) is 2.26. The highest BCUT2D eigenvalue weighted by Crippen LogP contribution is 2.63. The summed E-state index contributed by atoms with van der Waals surface area (Å²) in [6.07, 6.45) is 2.32. The second-order valence-electron chi connectivity index (χ2n) is 4.79. The molecule has 0 amide bonds. The van der Waals surface area contributed by atoms with Gasteiger partial charge in [-0.3, -0.25) is 0 Å². The molecule has 0 aromatic carbocycles. The normalized spacial score (nSPS) is 19.0. The Morgan fingerprint density at radius 2 is 1.41 bits per heavy atom. The van der Waals surface area contributed by atoms with Gasteiger partial charge in [-0.1, -0.05) is 39.1 Å². The smallest absolute Gasteiger partial charge is 0.247 e. The van der Waals surface area contributed by atoms with Gasteiger partial charge in [0.05, 0.1) is 12.2 Å². The molecule has 5 heteroatoms. The molecule has 2 atom stereocenters. The Bertz CT molecular complexity index is 231. The van der Waals surface area contributed by atoms with Gasteiger partial charge in [0.15, 0.2) is 0 Å². The molecule has 0 rings (SSSR count). The number of rotatable bonds is 9. The Morgan fingerprint density at radius 3 is 1.71 bits per heavy atom. The highest BCUT2D eigenvalue weighted by atomic mass is 32.9. The van der Waals surface area contributed by atoms with Crippen molar-refractivity contribution >= 4 is 28.9 Å². The molecule has 2 nitrogen and oxygen atoms in total. The SMILES string of the molecule is CCC(C)OP(=S)(OC(C)CC)SCC(C)C. The van der Waals surface area contributed by atoms with Crippen LogP contribution in [0, 0.1) is 5.92 Å². The highest BCUT2D eigenvalue weighted by molar-refractivity contribution is 8.67. The van der Waals surface area contributed by atoms with Gasteiger partial charge in [-0.25, -0.2) is 0 Å². The van der Waals surface area contributed by atoms with E-state index in [9.17, 15) is 0 Å². The van der Waals surface area contributed by atoms with Crippen molar-refractivity contribution in [3.63, 3.8) is 0 Å². The van der Waals surface area contributed by atoms with E-state index in [1.807, 2.05) is 0 Å². The first kappa shape index (κ1) is 17.9. The quantitative estimate of drug-likeness (QED) is 0.542. The zero-order chi connectivity index (χ0) is 13.5. The molecule has 0 saturated carbocycles. The molecule has 104 valence electrons. The van der Waals surface area contributed by atoms with Gasteiger partial charge < -0.3 is 9.05 Å². The first-order valence-electron chi connectivity index (χ1n) is 6.44. The van der Waals surface area contributed by atoms with Crippen LogP contribution in [0.1, 0.15) is 54.4 Å². The first-order valence-corrected chi connectivity index (χ1v) is 10.7. The lowest BCUT2D eigenvalue weighted by atomic mass is 10.3. The molecule has 0 aliphatic heterocycles. The van der Waals surface area contributed by atoms with E-state index in [4.69, 9.17) is 20.9 Å². The fourth-order valence-corrected chi connectivity index (χ4v) is 6.87. The third-order valence-electron chi connectivity index (χ3n) is 2.33. The Hall–Kier alpha value is 0.920. The van der Waals surface area contributed by atoms with Crippen LogP contribution in [0.3, 0.4) is 0 Å². The molecule has 0 aliphatic rings. The standard InChI is InChI=1S/C12H27O2PS2/c1-7-11(5)13-15(16,14-12(6)8-2)17-9-10(3)4/h10-12H,7-9H2,1-6H3. The fourth-order valence-electron chi connectivity index (χ4n) is 0.916. The summed E-state index contributed by atoms with van der Waals surface area (Å²) >= 11 is 7.34. The minimum atomic E-state index is -2.17. The molecule has 0 aromatic rings. The summed E-state index contributed by atoms with van der Waals surface area (Å²) in [5.41, 5.74) is -2.17. The lowest BCUT2D eigenvalue weighted by Crippen LogP contribution is -2.10.